The molecular formula is C12H13Cl2N3S. The minimum Gasteiger partial charge on any atom is -0.312 e. The second-order valence-corrected chi connectivity index (χ2v) is 5.45. The van der Waals surface area contributed by atoms with Gasteiger partial charge in [0.15, 0.2) is 0 Å². The largest absolute Gasteiger partial charge is 0.312 e. The van der Waals surface area contributed by atoms with E-state index in [0.29, 0.717) is 10.0 Å². The van der Waals surface area contributed by atoms with Gasteiger partial charge in [0.1, 0.15) is 5.69 Å². The lowest BCUT2D eigenvalue weighted by Crippen LogP contribution is -2.13. The van der Waals surface area contributed by atoms with Crippen LogP contribution in [-0.2, 0) is 6.54 Å². The third-order valence-electron chi connectivity index (χ3n) is 2.48. The highest BCUT2D eigenvalue weighted by Crippen LogP contribution is 2.34. The highest BCUT2D eigenvalue weighted by Gasteiger charge is 2.14. The monoisotopic (exact) mass is 301 g/mol. The molecule has 2 rings (SSSR count). The lowest BCUT2D eigenvalue weighted by molar-refractivity contribution is 0.681. The van der Waals surface area contributed by atoms with Crippen molar-refractivity contribution in [1.82, 2.24) is 14.9 Å². The van der Waals surface area contributed by atoms with E-state index in [0.717, 1.165) is 35.6 Å². The first-order chi connectivity index (χ1) is 8.74. The van der Waals surface area contributed by atoms with Gasteiger partial charge >= 0.3 is 0 Å². The number of hydrogen-bond acceptors (Lipinski definition) is 4. The Balaban J connectivity index is 2.28. The average molecular weight is 302 g/mol. The lowest BCUT2D eigenvalue weighted by atomic mass is 10.1. The zero-order valence-corrected chi connectivity index (χ0v) is 12.2. The Hall–Kier alpha value is -0.680. The fourth-order valence-electron chi connectivity index (χ4n) is 1.59. The normalized spacial score (nSPS) is 10.8. The molecule has 1 aromatic carbocycles. The van der Waals surface area contributed by atoms with Gasteiger partial charge in [0.25, 0.3) is 0 Å². The number of hydrogen-bond donors (Lipinski definition) is 1. The van der Waals surface area contributed by atoms with E-state index in [4.69, 9.17) is 23.2 Å². The Morgan fingerprint density at radius 2 is 2.17 bits per heavy atom. The van der Waals surface area contributed by atoms with Gasteiger partial charge in [-0.25, -0.2) is 0 Å². The van der Waals surface area contributed by atoms with Crippen molar-refractivity contribution in [1.29, 1.82) is 0 Å². The van der Waals surface area contributed by atoms with Crippen molar-refractivity contribution in [2.24, 2.45) is 0 Å². The van der Waals surface area contributed by atoms with Crippen LogP contribution in [0.1, 0.15) is 18.2 Å². The summed E-state index contributed by atoms with van der Waals surface area (Å²) in [5.41, 5.74) is 1.65. The van der Waals surface area contributed by atoms with Crippen molar-refractivity contribution < 1.29 is 0 Å². The molecule has 1 N–H and O–H groups in total. The summed E-state index contributed by atoms with van der Waals surface area (Å²) in [6.45, 7) is 3.86. The van der Waals surface area contributed by atoms with Gasteiger partial charge in [-0.15, -0.1) is 5.10 Å². The minimum absolute atomic E-state index is 0.531. The number of rotatable bonds is 5. The minimum atomic E-state index is 0.531. The third-order valence-corrected chi connectivity index (χ3v) is 4.02. The average Bonchev–Trinajstić information content (AvgIpc) is 2.81. The predicted octanol–water partition coefficient (Wildman–Crippen LogP) is 4.01. The summed E-state index contributed by atoms with van der Waals surface area (Å²) in [7, 11) is 0. The summed E-state index contributed by atoms with van der Waals surface area (Å²) >= 11 is 13.6. The topological polar surface area (TPSA) is 37.8 Å². The molecule has 0 spiro atoms. The first-order valence-electron chi connectivity index (χ1n) is 5.70. The fourth-order valence-corrected chi connectivity index (χ4v) is 2.61. The quantitative estimate of drug-likeness (QED) is 0.848. The van der Waals surface area contributed by atoms with E-state index in [1.807, 2.05) is 12.1 Å². The van der Waals surface area contributed by atoms with E-state index in [2.05, 4.69) is 21.8 Å². The molecule has 1 aromatic heterocycles. The van der Waals surface area contributed by atoms with E-state index >= 15 is 0 Å². The van der Waals surface area contributed by atoms with Crippen LogP contribution in [0, 0.1) is 0 Å². The zero-order valence-electron chi connectivity index (χ0n) is 9.91. The van der Waals surface area contributed by atoms with Gasteiger partial charge in [0, 0.05) is 12.1 Å². The van der Waals surface area contributed by atoms with Gasteiger partial charge in [0.2, 0.25) is 0 Å². The first kappa shape index (κ1) is 13.7. The van der Waals surface area contributed by atoms with Crippen LogP contribution in [0.5, 0.6) is 0 Å². The molecule has 6 heteroatoms. The Morgan fingerprint density at radius 1 is 1.33 bits per heavy atom. The van der Waals surface area contributed by atoms with E-state index in [1.54, 1.807) is 6.07 Å². The number of nitrogens with one attached hydrogen (secondary N) is 1. The molecule has 0 amide bonds. The summed E-state index contributed by atoms with van der Waals surface area (Å²) in [5, 5.41) is 8.56. The Kier molecular flexibility index (Phi) is 4.95. The molecule has 2 aromatic rings. The number of benzene rings is 1. The molecule has 0 aliphatic heterocycles. The van der Waals surface area contributed by atoms with Crippen LogP contribution in [0.25, 0.3) is 11.3 Å². The summed E-state index contributed by atoms with van der Waals surface area (Å²) in [4.78, 5) is 1.08. The Labute approximate surface area is 120 Å². The van der Waals surface area contributed by atoms with Crippen LogP contribution in [0.3, 0.4) is 0 Å². The highest BCUT2D eigenvalue weighted by molar-refractivity contribution is 7.06. The van der Waals surface area contributed by atoms with Gasteiger partial charge in [-0.1, -0.05) is 46.7 Å². The van der Waals surface area contributed by atoms with Crippen molar-refractivity contribution in [3.05, 3.63) is 33.1 Å². The van der Waals surface area contributed by atoms with Crippen molar-refractivity contribution in [3.63, 3.8) is 0 Å². The van der Waals surface area contributed by atoms with Crippen LogP contribution >= 0.6 is 34.7 Å². The van der Waals surface area contributed by atoms with Crippen molar-refractivity contribution in [3.8, 4) is 11.3 Å². The maximum Gasteiger partial charge on any atom is 0.111 e. The van der Waals surface area contributed by atoms with Crippen LogP contribution in [0.4, 0.5) is 0 Å². The Morgan fingerprint density at radius 3 is 2.94 bits per heavy atom. The second kappa shape index (κ2) is 6.48. The molecule has 18 heavy (non-hydrogen) atoms. The zero-order chi connectivity index (χ0) is 13.0. The lowest BCUT2D eigenvalue weighted by Gasteiger charge is -2.05. The SMILES string of the molecule is CCCNCc1snnc1-c1cccc(Cl)c1Cl. The molecular weight excluding hydrogens is 289 g/mol. The van der Waals surface area contributed by atoms with Gasteiger partial charge in [-0.3, -0.25) is 0 Å². The van der Waals surface area contributed by atoms with Gasteiger partial charge in [0.05, 0.1) is 14.9 Å². The molecule has 0 fully saturated rings. The molecule has 0 radical (unpaired) electrons. The van der Waals surface area contributed by atoms with Crippen LogP contribution in [-0.4, -0.2) is 16.1 Å². The third kappa shape index (κ3) is 3.01. The predicted molar refractivity (Wildman–Crippen MR) is 77.4 cm³/mol. The molecule has 0 atom stereocenters. The maximum atomic E-state index is 6.20. The molecule has 96 valence electrons. The van der Waals surface area contributed by atoms with Crippen molar-refractivity contribution in [2.75, 3.05) is 6.54 Å². The highest BCUT2D eigenvalue weighted by atomic mass is 35.5. The van der Waals surface area contributed by atoms with Gasteiger partial charge in [-0.2, -0.15) is 0 Å². The summed E-state index contributed by atoms with van der Waals surface area (Å²) in [6, 6.07) is 5.54. The maximum absolute atomic E-state index is 6.20. The number of halogens is 2. The number of aromatic nitrogens is 2. The van der Waals surface area contributed by atoms with Crippen LogP contribution in [0.15, 0.2) is 18.2 Å². The summed E-state index contributed by atoms with van der Waals surface area (Å²) in [5.74, 6) is 0. The second-order valence-electron chi connectivity index (χ2n) is 3.82. The molecule has 0 unspecified atom stereocenters. The molecule has 1 heterocycles. The first-order valence-corrected chi connectivity index (χ1v) is 7.23. The Bertz CT molecular complexity index is 528. The van der Waals surface area contributed by atoms with Gasteiger partial charge < -0.3 is 5.32 Å². The summed E-state index contributed by atoms with van der Waals surface area (Å²) < 4.78 is 4.00. The van der Waals surface area contributed by atoms with E-state index in [-0.39, 0.29) is 0 Å². The molecule has 0 aliphatic rings. The van der Waals surface area contributed by atoms with Crippen LogP contribution in [0.2, 0.25) is 10.0 Å². The molecule has 3 nitrogen and oxygen atoms in total. The molecule has 0 saturated carbocycles. The standard InChI is InChI=1S/C12H13Cl2N3S/c1-2-6-15-7-10-12(16-17-18-10)8-4-3-5-9(13)11(8)14/h3-5,15H,2,6-7H2,1H3. The smallest absolute Gasteiger partial charge is 0.111 e. The number of nitrogens with zero attached hydrogens (tertiary/aromatic N) is 2. The summed E-state index contributed by atoms with van der Waals surface area (Å²) in [6.07, 6.45) is 1.10. The van der Waals surface area contributed by atoms with Gasteiger partial charge in [-0.05, 0) is 30.6 Å². The van der Waals surface area contributed by atoms with Crippen LogP contribution < -0.4 is 5.32 Å². The molecule has 0 bridgehead atoms. The van der Waals surface area contributed by atoms with E-state index in [9.17, 15) is 0 Å². The fraction of sp³-hybridized carbons (Fsp3) is 0.333. The van der Waals surface area contributed by atoms with Crippen molar-refractivity contribution in [2.45, 2.75) is 19.9 Å². The van der Waals surface area contributed by atoms with E-state index < -0.39 is 0 Å². The van der Waals surface area contributed by atoms with E-state index in [1.165, 1.54) is 11.5 Å². The molecule has 0 aliphatic carbocycles. The molecule has 0 saturated heterocycles. The van der Waals surface area contributed by atoms with Crippen molar-refractivity contribution >= 4 is 34.7 Å².